The average molecular weight is 292 g/mol. The molecule has 2 nitrogen and oxygen atoms in total. The first-order chi connectivity index (χ1) is 9.77. The molecule has 1 N–H and O–H groups in total. The lowest BCUT2D eigenvalue weighted by Gasteiger charge is -2.41. The molecule has 2 fully saturated rings. The molecule has 2 heterocycles. The van der Waals surface area contributed by atoms with E-state index in [0.29, 0.717) is 11.6 Å². The van der Waals surface area contributed by atoms with Gasteiger partial charge in [-0.1, -0.05) is 25.3 Å². The van der Waals surface area contributed by atoms with Gasteiger partial charge in [0, 0.05) is 23.0 Å². The molecule has 1 aliphatic heterocycles. The van der Waals surface area contributed by atoms with Crippen LogP contribution in [-0.4, -0.2) is 36.1 Å². The van der Waals surface area contributed by atoms with Gasteiger partial charge in [0.25, 0.3) is 0 Å². The van der Waals surface area contributed by atoms with Gasteiger partial charge in [-0.05, 0) is 57.1 Å². The van der Waals surface area contributed by atoms with Gasteiger partial charge in [-0.15, -0.1) is 11.3 Å². The largest absolute Gasteiger partial charge is 0.310 e. The van der Waals surface area contributed by atoms with Crippen LogP contribution in [0.1, 0.15) is 50.3 Å². The van der Waals surface area contributed by atoms with Gasteiger partial charge in [0.2, 0.25) is 0 Å². The topological polar surface area (TPSA) is 15.3 Å². The summed E-state index contributed by atoms with van der Waals surface area (Å²) in [6, 6.07) is 5.14. The first kappa shape index (κ1) is 14.6. The van der Waals surface area contributed by atoms with Crippen LogP contribution in [0.4, 0.5) is 0 Å². The molecule has 0 amide bonds. The molecule has 1 saturated carbocycles. The monoisotopic (exact) mass is 292 g/mol. The SMILES string of the molecule is CC(Cc1cccs1)N1CCCNC2(CCCCC2)C1. The highest BCUT2D eigenvalue weighted by Gasteiger charge is 2.35. The number of rotatable bonds is 3. The van der Waals surface area contributed by atoms with Crippen molar-refractivity contribution < 1.29 is 0 Å². The van der Waals surface area contributed by atoms with Crippen LogP contribution in [0.5, 0.6) is 0 Å². The Morgan fingerprint density at radius 3 is 2.90 bits per heavy atom. The van der Waals surface area contributed by atoms with Crippen molar-refractivity contribution in [1.82, 2.24) is 10.2 Å². The molecule has 1 aliphatic carbocycles. The summed E-state index contributed by atoms with van der Waals surface area (Å²) in [5.41, 5.74) is 0.429. The zero-order chi connectivity index (χ0) is 13.8. The van der Waals surface area contributed by atoms with Gasteiger partial charge in [-0.25, -0.2) is 0 Å². The van der Waals surface area contributed by atoms with Crippen molar-refractivity contribution in [2.24, 2.45) is 0 Å². The fourth-order valence-electron chi connectivity index (χ4n) is 3.95. The van der Waals surface area contributed by atoms with E-state index in [0.717, 1.165) is 0 Å². The maximum Gasteiger partial charge on any atom is 0.0308 e. The molecule has 3 heteroatoms. The number of nitrogens with zero attached hydrogens (tertiary/aromatic N) is 1. The minimum atomic E-state index is 0.429. The predicted molar refractivity (Wildman–Crippen MR) is 87.5 cm³/mol. The Hall–Kier alpha value is -0.380. The second-order valence-electron chi connectivity index (χ2n) is 6.72. The molecule has 1 aromatic rings. The van der Waals surface area contributed by atoms with E-state index in [2.05, 4.69) is 34.7 Å². The van der Waals surface area contributed by atoms with E-state index in [1.807, 2.05) is 11.3 Å². The Morgan fingerprint density at radius 2 is 2.15 bits per heavy atom. The van der Waals surface area contributed by atoms with Crippen LogP contribution in [0.15, 0.2) is 17.5 Å². The van der Waals surface area contributed by atoms with E-state index in [9.17, 15) is 0 Å². The van der Waals surface area contributed by atoms with Crippen molar-refractivity contribution in [3.05, 3.63) is 22.4 Å². The summed E-state index contributed by atoms with van der Waals surface area (Å²) < 4.78 is 0. The Labute approximate surface area is 127 Å². The van der Waals surface area contributed by atoms with Crippen molar-refractivity contribution in [3.8, 4) is 0 Å². The minimum Gasteiger partial charge on any atom is -0.310 e. The molecule has 112 valence electrons. The molecule has 0 bridgehead atoms. The quantitative estimate of drug-likeness (QED) is 0.914. The zero-order valence-corrected chi connectivity index (χ0v) is 13.6. The first-order valence-corrected chi connectivity index (χ1v) is 9.17. The van der Waals surface area contributed by atoms with Gasteiger partial charge in [-0.3, -0.25) is 4.90 Å². The highest BCUT2D eigenvalue weighted by Crippen LogP contribution is 2.31. The van der Waals surface area contributed by atoms with E-state index in [-0.39, 0.29) is 0 Å². The predicted octanol–water partition coefficient (Wildman–Crippen LogP) is 3.68. The second-order valence-corrected chi connectivity index (χ2v) is 7.76. The second kappa shape index (κ2) is 6.59. The van der Waals surface area contributed by atoms with Gasteiger partial charge in [0.1, 0.15) is 0 Å². The summed E-state index contributed by atoms with van der Waals surface area (Å²) in [5.74, 6) is 0. The molecule has 20 heavy (non-hydrogen) atoms. The van der Waals surface area contributed by atoms with Crippen molar-refractivity contribution in [2.75, 3.05) is 19.6 Å². The van der Waals surface area contributed by atoms with Crippen LogP contribution in [-0.2, 0) is 6.42 Å². The normalized spacial score (nSPS) is 25.4. The van der Waals surface area contributed by atoms with Crippen molar-refractivity contribution in [1.29, 1.82) is 0 Å². The van der Waals surface area contributed by atoms with Crippen LogP contribution in [0.25, 0.3) is 0 Å². The van der Waals surface area contributed by atoms with Crippen LogP contribution in [0.3, 0.4) is 0 Å². The molecular formula is C17H28N2S. The standard InChI is InChI=1S/C17H28N2S/c1-15(13-16-7-5-12-20-16)19-11-6-10-18-17(14-19)8-3-2-4-9-17/h5,7,12,15,18H,2-4,6,8-11,13-14H2,1H3. The fourth-order valence-corrected chi connectivity index (χ4v) is 4.77. The Balaban J connectivity index is 1.65. The van der Waals surface area contributed by atoms with Gasteiger partial charge in [0.15, 0.2) is 0 Å². The van der Waals surface area contributed by atoms with E-state index in [1.165, 1.54) is 69.5 Å². The molecule has 2 aliphatic rings. The van der Waals surface area contributed by atoms with Crippen molar-refractivity contribution in [2.45, 2.75) is 63.5 Å². The van der Waals surface area contributed by atoms with E-state index < -0.39 is 0 Å². The third-order valence-electron chi connectivity index (χ3n) is 5.14. The van der Waals surface area contributed by atoms with Crippen molar-refractivity contribution >= 4 is 11.3 Å². The molecule has 1 spiro atoms. The van der Waals surface area contributed by atoms with Gasteiger partial charge in [-0.2, -0.15) is 0 Å². The lowest BCUT2D eigenvalue weighted by molar-refractivity contribution is 0.134. The van der Waals surface area contributed by atoms with Crippen LogP contribution >= 0.6 is 11.3 Å². The van der Waals surface area contributed by atoms with E-state index in [4.69, 9.17) is 0 Å². The lowest BCUT2D eigenvalue weighted by atomic mass is 9.81. The molecule has 0 radical (unpaired) electrons. The zero-order valence-electron chi connectivity index (χ0n) is 12.7. The summed E-state index contributed by atoms with van der Waals surface area (Å²) in [6.45, 7) is 6.16. The number of thiophene rings is 1. The smallest absolute Gasteiger partial charge is 0.0308 e. The first-order valence-electron chi connectivity index (χ1n) is 8.29. The summed E-state index contributed by atoms with van der Waals surface area (Å²) >= 11 is 1.91. The number of hydrogen-bond donors (Lipinski definition) is 1. The van der Waals surface area contributed by atoms with Crippen molar-refractivity contribution in [3.63, 3.8) is 0 Å². The Morgan fingerprint density at radius 1 is 1.30 bits per heavy atom. The highest BCUT2D eigenvalue weighted by molar-refractivity contribution is 7.09. The van der Waals surface area contributed by atoms with E-state index in [1.54, 1.807) is 0 Å². The number of nitrogens with one attached hydrogen (secondary N) is 1. The summed E-state index contributed by atoms with van der Waals surface area (Å²) in [7, 11) is 0. The maximum absolute atomic E-state index is 3.90. The minimum absolute atomic E-state index is 0.429. The molecule has 0 aromatic carbocycles. The molecule has 1 aromatic heterocycles. The van der Waals surface area contributed by atoms with Crippen LogP contribution < -0.4 is 5.32 Å². The highest BCUT2D eigenvalue weighted by atomic mass is 32.1. The van der Waals surface area contributed by atoms with Gasteiger partial charge in [0.05, 0.1) is 0 Å². The lowest BCUT2D eigenvalue weighted by Crippen LogP contribution is -2.54. The van der Waals surface area contributed by atoms with Gasteiger partial charge < -0.3 is 5.32 Å². The molecule has 1 atom stereocenters. The third-order valence-corrected chi connectivity index (χ3v) is 6.04. The fraction of sp³-hybridized carbons (Fsp3) is 0.765. The Kier molecular flexibility index (Phi) is 4.79. The molecule has 1 unspecified atom stereocenters. The van der Waals surface area contributed by atoms with Crippen LogP contribution in [0, 0.1) is 0 Å². The third kappa shape index (κ3) is 3.44. The summed E-state index contributed by atoms with van der Waals surface area (Å²) in [6.07, 6.45) is 9.56. The maximum atomic E-state index is 3.90. The van der Waals surface area contributed by atoms with Crippen LogP contribution in [0.2, 0.25) is 0 Å². The summed E-state index contributed by atoms with van der Waals surface area (Å²) in [4.78, 5) is 4.29. The van der Waals surface area contributed by atoms with E-state index >= 15 is 0 Å². The number of hydrogen-bond acceptors (Lipinski definition) is 3. The molecule has 1 saturated heterocycles. The Bertz CT molecular complexity index is 395. The average Bonchev–Trinajstić information content (AvgIpc) is 2.88. The molecule has 3 rings (SSSR count). The summed E-state index contributed by atoms with van der Waals surface area (Å²) in [5, 5.41) is 6.10. The van der Waals surface area contributed by atoms with Gasteiger partial charge >= 0.3 is 0 Å². The molecular weight excluding hydrogens is 264 g/mol.